The molecule has 1 aromatic rings. The molecule has 0 aromatic heterocycles. The molecule has 0 saturated heterocycles. The lowest BCUT2D eigenvalue weighted by atomic mass is 10.1. The van der Waals surface area contributed by atoms with Gasteiger partial charge in [0.1, 0.15) is 0 Å². The zero-order valence-corrected chi connectivity index (χ0v) is 11.0. The maximum Gasteiger partial charge on any atom is 0.0451 e. The molecule has 0 radical (unpaired) electrons. The van der Waals surface area contributed by atoms with E-state index in [-0.39, 0.29) is 5.54 Å². The molecule has 1 N–H and O–H groups in total. The predicted octanol–water partition coefficient (Wildman–Crippen LogP) is 4.10. The molecule has 84 valence electrons. The first-order valence-electron chi connectivity index (χ1n) is 4.69. The van der Waals surface area contributed by atoms with E-state index in [2.05, 4.69) is 5.32 Å². The Balaban J connectivity index is 2.69. The Bertz CT molecular complexity index is 337. The zero-order valence-electron chi connectivity index (χ0n) is 8.78. The highest BCUT2D eigenvalue weighted by Crippen LogP contribution is 2.21. The Hall–Kier alpha value is 0.0500. The molecule has 0 atom stereocenters. The molecule has 15 heavy (non-hydrogen) atoms. The zero-order chi connectivity index (χ0) is 11.5. The summed E-state index contributed by atoms with van der Waals surface area (Å²) in [6.45, 7) is 4.75. The fourth-order valence-electron chi connectivity index (χ4n) is 1.06. The lowest BCUT2D eigenvalue weighted by molar-refractivity contribution is 0.429. The molecule has 1 rings (SSSR count). The van der Waals surface area contributed by atoms with Crippen molar-refractivity contribution in [1.82, 2.24) is 5.32 Å². The SMILES string of the molecule is CC(C)(CCl)NCc1cc(Cl)ccc1Cl. The van der Waals surface area contributed by atoms with Gasteiger partial charge in [0.2, 0.25) is 0 Å². The maximum absolute atomic E-state index is 6.04. The fourth-order valence-corrected chi connectivity index (χ4v) is 1.53. The van der Waals surface area contributed by atoms with Crippen molar-refractivity contribution in [2.45, 2.75) is 25.9 Å². The maximum atomic E-state index is 6.04. The topological polar surface area (TPSA) is 12.0 Å². The molecular weight excluding hydrogens is 252 g/mol. The van der Waals surface area contributed by atoms with Crippen LogP contribution in [0.25, 0.3) is 0 Å². The van der Waals surface area contributed by atoms with Crippen LogP contribution in [0.1, 0.15) is 19.4 Å². The first kappa shape index (κ1) is 13.1. The Morgan fingerprint density at radius 2 is 1.93 bits per heavy atom. The van der Waals surface area contributed by atoms with Gasteiger partial charge in [-0.2, -0.15) is 0 Å². The van der Waals surface area contributed by atoms with Crippen LogP contribution in [0.3, 0.4) is 0 Å². The van der Waals surface area contributed by atoms with Gasteiger partial charge in [-0.25, -0.2) is 0 Å². The molecule has 1 nitrogen and oxygen atoms in total. The van der Waals surface area contributed by atoms with Crippen LogP contribution in [-0.2, 0) is 6.54 Å². The number of rotatable bonds is 4. The standard InChI is InChI=1S/C11H14Cl3N/c1-11(2,7-12)15-6-8-5-9(13)3-4-10(8)14/h3-5,15H,6-7H2,1-2H3. The summed E-state index contributed by atoms with van der Waals surface area (Å²) < 4.78 is 0. The third kappa shape index (κ3) is 4.20. The van der Waals surface area contributed by atoms with E-state index in [1.54, 1.807) is 12.1 Å². The summed E-state index contributed by atoms with van der Waals surface area (Å²) in [4.78, 5) is 0. The van der Waals surface area contributed by atoms with Crippen LogP contribution in [-0.4, -0.2) is 11.4 Å². The second-order valence-corrected chi connectivity index (χ2v) is 5.22. The third-order valence-corrected chi connectivity index (χ3v) is 3.37. The summed E-state index contributed by atoms with van der Waals surface area (Å²) in [7, 11) is 0. The van der Waals surface area contributed by atoms with E-state index in [1.807, 2.05) is 19.9 Å². The van der Waals surface area contributed by atoms with E-state index < -0.39 is 0 Å². The predicted molar refractivity (Wildman–Crippen MR) is 68.1 cm³/mol. The van der Waals surface area contributed by atoms with E-state index in [1.165, 1.54) is 0 Å². The molecular formula is C11H14Cl3N. The molecule has 0 aliphatic heterocycles. The van der Waals surface area contributed by atoms with Gasteiger partial charge in [0.25, 0.3) is 0 Å². The molecule has 1 aromatic carbocycles. The van der Waals surface area contributed by atoms with Gasteiger partial charge < -0.3 is 5.32 Å². The van der Waals surface area contributed by atoms with E-state index in [9.17, 15) is 0 Å². The molecule has 4 heteroatoms. The highest BCUT2D eigenvalue weighted by atomic mass is 35.5. The normalized spacial score (nSPS) is 11.8. The number of hydrogen-bond acceptors (Lipinski definition) is 1. The lowest BCUT2D eigenvalue weighted by Crippen LogP contribution is -2.40. The van der Waals surface area contributed by atoms with Crippen molar-refractivity contribution >= 4 is 34.8 Å². The Morgan fingerprint density at radius 1 is 1.27 bits per heavy atom. The van der Waals surface area contributed by atoms with Gasteiger partial charge in [0.05, 0.1) is 0 Å². The first-order chi connectivity index (χ1) is 6.94. The lowest BCUT2D eigenvalue weighted by Gasteiger charge is -2.23. The second-order valence-electron chi connectivity index (χ2n) is 4.11. The number of benzene rings is 1. The third-order valence-electron chi connectivity index (χ3n) is 2.10. The van der Waals surface area contributed by atoms with E-state index in [0.29, 0.717) is 17.4 Å². The number of halogens is 3. The molecule has 0 unspecified atom stereocenters. The van der Waals surface area contributed by atoms with Crippen molar-refractivity contribution in [3.63, 3.8) is 0 Å². The van der Waals surface area contributed by atoms with Gasteiger partial charge in [0.15, 0.2) is 0 Å². The average molecular weight is 267 g/mol. The molecule has 0 saturated carbocycles. The largest absolute Gasteiger partial charge is 0.306 e. The van der Waals surface area contributed by atoms with Gasteiger partial charge in [-0.15, -0.1) is 11.6 Å². The Morgan fingerprint density at radius 3 is 2.53 bits per heavy atom. The molecule has 0 bridgehead atoms. The fraction of sp³-hybridized carbons (Fsp3) is 0.455. The van der Waals surface area contributed by atoms with Crippen LogP contribution in [0.15, 0.2) is 18.2 Å². The van der Waals surface area contributed by atoms with Gasteiger partial charge in [-0.3, -0.25) is 0 Å². The van der Waals surface area contributed by atoms with Crippen LogP contribution in [0, 0.1) is 0 Å². The van der Waals surface area contributed by atoms with Gasteiger partial charge in [-0.1, -0.05) is 23.2 Å². The quantitative estimate of drug-likeness (QED) is 0.809. The summed E-state index contributed by atoms with van der Waals surface area (Å²) in [5.74, 6) is 0.547. The van der Waals surface area contributed by atoms with Crippen LogP contribution in [0.5, 0.6) is 0 Å². The highest BCUT2D eigenvalue weighted by molar-refractivity contribution is 6.33. The summed E-state index contributed by atoms with van der Waals surface area (Å²) in [5.41, 5.74) is 0.884. The summed E-state index contributed by atoms with van der Waals surface area (Å²) in [6.07, 6.45) is 0. The van der Waals surface area contributed by atoms with Gasteiger partial charge in [0, 0.05) is 28.0 Å². The van der Waals surface area contributed by atoms with Crippen molar-refractivity contribution in [3.05, 3.63) is 33.8 Å². The molecule has 0 heterocycles. The monoisotopic (exact) mass is 265 g/mol. The number of alkyl halides is 1. The van der Waals surface area contributed by atoms with Crippen LogP contribution < -0.4 is 5.32 Å². The molecule has 0 aliphatic carbocycles. The van der Waals surface area contributed by atoms with Crippen LogP contribution in [0.2, 0.25) is 10.0 Å². The first-order valence-corrected chi connectivity index (χ1v) is 5.98. The van der Waals surface area contributed by atoms with Crippen LogP contribution >= 0.6 is 34.8 Å². The molecule has 0 amide bonds. The smallest absolute Gasteiger partial charge is 0.0451 e. The van der Waals surface area contributed by atoms with E-state index >= 15 is 0 Å². The van der Waals surface area contributed by atoms with Crippen molar-refractivity contribution < 1.29 is 0 Å². The van der Waals surface area contributed by atoms with E-state index in [4.69, 9.17) is 34.8 Å². The van der Waals surface area contributed by atoms with Crippen molar-refractivity contribution in [3.8, 4) is 0 Å². The van der Waals surface area contributed by atoms with E-state index in [0.717, 1.165) is 10.6 Å². The van der Waals surface area contributed by atoms with Crippen LogP contribution in [0.4, 0.5) is 0 Å². The Labute approximate surface area is 106 Å². The van der Waals surface area contributed by atoms with Crippen molar-refractivity contribution in [2.24, 2.45) is 0 Å². The van der Waals surface area contributed by atoms with Gasteiger partial charge in [-0.05, 0) is 37.6 Å². The summed E-state index contributed by atoms with van der Waals surface area (Å²) in [5, 5.41) is 4.73. The molecule has 0 spiro atoms. The summed E-state index contributed by atoms with van der Waals surface area (Å²) in [6, 6.07) is 5.44. The van der Waals surface area contributed by atoms with Crippen molar-refractivity contribution in [2.75, 3.05) is 5.88 Å². The number of nitrogens with one attached hydrogen (secondary N) is 1. The summed E-state index contributed by atoms with van der Waals surface area (Å²) >= 11 is 17.7. The minimum Gasteiger partial charge on any atom is -0.306 e. The van der Waals surface area contributed by atoms with Crippen molar-refractivity contribution in [1.29, 1.82) is 0 Å². The highest BCUT2D eigenvalue weighted by Gasteiger charge is 2.15. The second kappa shape index (κ2) is 5.40. The average Bonchev–Trinajstić information content (AvgIpc) is 2.20. The number of hydrogen-bond donors (Lipinski definition) is 1. The molecule has 0 fully saturated rings. The minimum atomic E-state index is -0.104. The Kier molecular flexibility index (Phi) is 4.72. The van der Waals surface area contributed by atoms with Gasteiger partial charge >= 0.3 is 0 Å². The minimum absolute atomic E-state index is 0.104. The molecule has 0 aliphatic rings.